The van der Waals surface area contributed by atoms with E-state index in [9.17, 15) is 4.79 Å². The van der Waals surface area contributed by atoms with Gasteiger partial charge in [-0.3, -0.25) is 9.48 Å². The first-order valence-corrected chi connectivity index (χ1v) is 8.85. The minimum Gasteiger partial charge on any atom is -0.353 e. The van der Waals surface area contributed by atoms with E-state index in [2.05, 4.69) is 24.3 Å². The number of carbonyl (C=O) groups is 1. The Balaban J connectivity index is 1.91. The van der Waals surface area contributed by atoms with Crippen LogP contribution in [0.15, 0.2) is 0 Å². The van der Waals surface area contributed by atoms with E-state index in [1.54, 1.807) is 0 Å². The predicted octanol–water partition coefficient (Wildman–Crippen LogP) is 2.38. The van der Waals surface area contributed by atoms with Crippen LogP contribution in [0, 0.1) is 19.3 Å². The monoisotopic (exact) mass is 320 g/mol. The van der Waals surface area contributed by atoms with Gasteiger partial charge in [0.25, 0.3) is 0 Å². The van der Waals surface area contributed by atoms with Crippen LogP contribution in [-0.2, 0) is 18.3 Å². The minimum atomic E-state index is 0.0299. The lowest BCUT2D eigenvalue weighted by molar-refractivity contribution is -0.124. The molecule has 0 saturated heterocycles. The van der Waals surface area contributed by atoms with Crippen molar-refractivity contribution in [2.45, 2.75) is 71.8 Å². The first-order valence-electron chi connectivity index (χ1n) is 8.85. The molecule has 1 fully saturated rings. The highest BCUT2D eigenvalue weighted by Crippen LogP contribution is 2.38. The van der Waals surface area contributed by atoms with Crippen molar-refractivity contribution in [3.63, 3.8) is 0 Å². The second-order valence-electron chi connectivity index (χ2n) is 7.39. The highest BCUT2D eigenvalue weighted by atomic mass is 16.1. The molecule has 1 atom stereocenters. The fourth-order valence-corrected chi connectivity index (χ4v) is 3.89. The van der Waals surface area contributed by atoms with Gasteiger partial charge in [0.1, 0.15) is 0 Å². The summed E-state index contributed by atoms with van der Waals surface area (Å²) in [5.74, 6) is 0.143. The molecule has 1 amide bonds. The van der Waals surface area contributed by atoms with Gasteiger partial charge in [-0.2, -0.15) is 5.10 Å². The molecule has 0 aliphatic heterocycles. The smallest absolute Gasteiger partial charge is 0.220 e. The summed E-state index contributed by atoms with van der Waals surface area (Å²) in [7, 11) is 1.96. The van der Waals surface area contributed by atoms with Crippen LogP contribution in [0.1, 0.15) is 62.4 Å². The molecule has 1 unspecified atom stereocenters. The fourth-order valence-electron chi connectivity index (χ4n) is 3.89. The third-order valence-electron chi connectivity index (χ3n) is 5.46. The molecule has 1 heterocycles. The van der Waals surface area contributed by atoms with E-state index in [0.717, 1.165) is 25.0 Å². The third-order valence-corrected chi connectivity index (χ3v) is 5.46. The molecule has 1 aromatic heterocycles. The molecular formula is C18H32N4O. The number of nitrogens with two attached hydrogens (primary N) is 1. The number of nitrogens with zero attached hydrogens (tertiary/aromatic N) is 2. The van der Waals surface area contributed by atoms with Gasteiger partial charge in [-0.25, -0.2) is 0 Å². The summed E-state index contributed by atoms with van der Waals surface area (Å²) in [4.78, 5) is 12.5. The number of nitrogens with one attached hydrogen (secondary N) is 1. The highest BCUT2D eigenvalue weighted by Gasteiger charge is 2.33. The molecule has 23 heavy (non-hydrogen) atoms. The van der Waals surface area contributed by atoms with Crippen molar-refractivity contribution >= 4 is 5.91 Å². The van der Waals surface area contributed by atoms with Gasteiger partial charge < -0.3 is 11.1 Å². The Morgan fingerprint density at radius 3 is 2.52 bits per heavy atom. The Bertz CT molecular complexity index is 543. The lowest BCUT2D eigenvalue weighted by Crippen LogP contribution is -2.41. The first-order chi connectivity index (χ1) is 10.9. The normalized spacial score (nSPS) is 18.7. The first kappa shape index (κ1) is 18.0. The molecule has 0 bridgehead atoms. The van der Waals surface area contributed by atoms with Gasteiger partial charge in [0.05, 0.1) is 5.69 Å². The van der Waals surface area contributed by atoms with Crippen LogP contribution in [0.4, 0.5) is 0 Å². The Morgan fingerprint density at radius 2 is 2.00 bits per heavy atom. The number of hydrogen-bond acceptors (Lipinski definition) is 3. The molecule has 1 saturated carbocycles. The average Bonchev–Trinajstić information content (AvgIpc) is 2.74. The quantitative estimate of drug-likeness (QED) is 0.845. The summed E-state index contributed by atoms with van der Waals surface area (Å²) in [6.07, 6.45) is 7.26. The zero-order chi connectivity index (χ0) is 17.0. The second kappa shape index (κ2) is 7.47. The van der Waals surface area contributed by atoms with Gasteiger partial charge in [-0.15, -0.1) is 0 Å². The summed E-state index contributed by atoms with van der Waals surface area (Å²) in [6, 6.07) is 0.113. The van der Waals surface area contributed by atoms with Gasteiger partial charge >= 0.3 is 0 Å². The summed E-state index contributed by atoms with van der Waals surface area (Å²) in [5, 5.41) is 7.62. The van der Waals surface area contributed by atoms with E-state index in [4.69, 9.17) is 5.73 Å². The second-order valence-corrected chi connectivity index (χ2v) is 7.39. The van der Waals surface area contributed by atoms with E-state index in [1.807, 2.05) is 18.7 Å². The molecule has 1 aliphatic carbocycles. The van der Waals surface area contributed by atoms with Crippen molar-refractivity contribution in [2.24, 2.45) is 18.2 Å². The lowest BCUT2D eigenvalue weighted by atomic mass is 9.71. The van der Waals surface area contributed by atoms with E-state index in [1.165, 1.54) is 30.5 Å². The van der Waals surface area contributed by atoms with Crippen molar-refractivity contribution in [1.29, 1.82) is 0 Å². The van der Waals surface area contributed by atoms with Gasteiger partial charge in [0, 0.05) is 25.2 Å². The van der Waals surface area contributed by atoms with E-state index in [0.29, 0.717) is 13.0 Å². The van der Waals surface area contributed by atoms with Crippen LogP contribution in [0.3, 0.4) is 0 Å². The number of hydrogen-bond donors (Lipinski definition) is 2. The van der Waals surface area contributed by atoms with Crippen molar-refractivity contribution < 1.29 is 4.79 Å². The molecule has 5 heteroatoms. The standard InChI is InChI=1S/C18H32N4O/c1-13(10-16-14(2)21-22(4)15(16)3)20-17(23)11-18(12-19)8-6-5-7-9-18/h13H,5-12,19H2,1-4H3,(H,20,23). The molecule has 0 radical (unpaired) electrons. The van der Waals surface area contributed by atoms with Crippen molar-refractivity contribution in [3.05, 3.63) is 17.0 Å². The molecule has 1 aromatic rings. The Morgan fingerprint density at radius 1 is 1.35 bits per heavy atom. The molecular weight excluding hydrogens is 288 g/mol. The van der Waals surface area contributed by atoms with Crippen molar-refractivity contribution in [1.82, 2.24) is 15.1 Å². The van der Waals surface area contributed by atoms with Crippen molar-refractivity contribution in [3.8, 4) is 0 Å². The molecule has 130 valence electrons. The Labute approximate surface area is 140 Å². The fraction of sp³-hybridized carbons (Fsp3) is 0.778. The van der Waals surface area contributed by atoms with Crippen molar-refractivity contribution in [2.75, 3.05) is 6.54 Å². The summed E-state index contributed by atoms with van der Waals surface area (Å²) >= 11 is 0. The average molecular weight is 320 g/mol. The van der Waals surface area contributed by atoms with Crippen LogP contribution in [0.5, 0.6) is 0 Å². The molecule has 1 aliphatic rings. The van der Waals surface area contributed by atoms with E-state index in [-0.39, 0.29) is 17.4 Å². The topological polar surface area (TPSA) is 72.9 Å². The number of amides is 1. The van der Waals surface area contributed by atoms with Gasteiger partial charge in [0.2, 0.25) is 5.91 Å². The molecule has 0 spiro atoms. The molecule has 2 rings (SSSR count). The van der Waals surface area contributed by atoms with E-state index < -0.39 is 0 Å². The highest BCUT2D eigenvalue weighted by molar-refractivity contribution is 5.77. The van der Waals surface area contributed by atoms with Crippen LogP contribution in [0.2, 0.25) is 0 Å². The maximum atomic E-state index is 12.5. The van der Waals surface area contributed by atoms with Crippen LogP contribution in [-0.4, -0.2) is 28.3 Å². The third kappa shape index (κ3) is 4.34. The summed E-state index contributed by atoms with van der Waals surface area (Å²) < 4.78 is 1.91. The van der Waals surface area contributed by atoms with Gasteiger partial charge in [-0.05, 0) is 57.6 Å². The van der Waals surface area contributed by atoms with Crippen LogP contribution in [0.25, 0.3) is 0 Å². The number of carbonyl (C=O) groups excluding carboxylic acids is 1. The lowest BCUT2D eigenvalue weighted by Gasteiger charge is -2.36. The molecule has 5 nitrogen and oxygen atoms in total. The maximum absolute atomic E-state index is 12.5. The predicted molar refractivity (Wildman–Crippen MR) is 93.2 cm³/mol. The molecule has 3 N–H and O–H groups in total. The van der Waals surface area contributed by atoms with Gasteiger partial charge in [-0.1, -0.05) is 19.3 Å². The van der Waals surface area contributed by atoms with Crippen LogP contribution < -0.4 is 11.1 Å². The SMILES string of the molecule is Cc1nn(C)c(C)c1CC(C)NC(=O)CC1(CN)CCCCC1. The number of aryl methyl sites for hydroxylation is 2. The summed E-state index contributed by atoms with van der Waals surface area (Å²) in [6.45, 7) is 6.80. The van der Waals surface area contributed by atoms with E-state index >= 15 is 0 Å². The zero-order valence-corrected chi connectivity index (χ0v) is 15.1. The van der Waals surface area contributed by atoms with Crippen LogP contribution >= 0.6 is 0 Å². The largest absolute Gasteiger partial charge is 0.353 e. The summed E-state index contributed by atoms with van der Waals surface area (Å²) in [5.41, 5.74) is 9.49. The maximum Gasteiger partial charge on any atom is 0.220 e. The Hall–Kier alpha value is -1.36. The zero-order valence-electron chi connectivity index (χ0n) is 15.1. The molecule has 0 aromatic carbocycles. The number of aromatic nitrogens is 2. The number of rotatable bonds is 6. The van der Waals surface area contributed by atoms with Gasteiger partial charge in [0.15, 0.2) is 0 Å². The minimum absolute atomic E-state index is 0.0299. The Kier molecular flexibility index (Phi) is 5.84.